The van der Waals surface area contributed by atoms with Gasteiger partial charge in [0.15, 0.2) is 12.2 Å². The highest BCUT2D eigenvalue weighted by Gasteiger charge is 2.30. The highest BCUT2D eigenvalue weighted by Crippen LogP contribution is 2.45. The van der Waals surface area contributed by atoms with E-state index < -0.39 is 97.5 Å². The van der Waals surface area contributed by atoms with Crippen LogP contribution >= 0.6 is 15.6 Å². The summed E-state index contributed by atoms with van der Waals surface area (Å²) in [5, 5.41) is 10.6. The standard InChI is InChI=1S/C79H154O17P2/c1-9-72(8)58-50-42-33-27-23-24-30-36-46-54-62-79(84)95-74(65-89-76(81)59-51-43-34-28-21-17-14-13-16-20-26-32-40-48-56-70(4)5)67-93-97(85,86)91-63-73(80)64-92-98(87,88)94-68-75(66-90-77(82)60-52-44-38-37-41-49-57-71(6)7)96-78(83)61-53-45-35-29-22-18-12-10-11-15-19-25-31-39-47-55-69(2)3/h69-75,80H,9-68H2,1-8H3,(H,85,86)(H,87,88)/t72?,73?,74-,75-/m1/s1. The number of phosphoric ester groups is 2. The molecule has 0 bridgehead atoms. The summed E-state index contributed by atoms with van der Waals surface area (Å²) in [5.74, 6) is 0.966. The maximum Gasteiger partial charge on any atom is 0.472 e. The summed E-state index contributed by atoms with van der Waals surface area (Å²) in [4.78, 5) is 72.9. The summed E-state index contributed by atoms with van der Waals surface area (Å²) in [5.41, 5.74) is 0. The van der Waals surface area contributed by atoms with Crippen LogP contribution in [0.25, 0.3) is 0 Å². The minimum absolute atomic E-state index is 0.106. The molecule has 19 heteroatoms. The number of rotatable bonds is 76. The summed E-state index contributed by atoms with van der Waals surface area (Å²) in [6, 6.07) is 0. The summed E-state index contributed by atoms with van der Waals surface area (Å²) in [6.07, 6.45) is 54.2. The van der Waals surface area contributed by atoms with E-state index in [1.165, 1.54) is 199 Å². The van der Waals surface area contributed by atoms with Crippen molar-refractivity contribution in [1.82, 2.24) is 0 Å². The summed E-state index contributed by atoms with van der Waals surface area (Å²) >= 11 is 0. The number of unbranched alkanes of at least 4 members (excludes halogenated alkanes) is 41. The van der Waals surface area contributed by atoms with Gasteiger partial charge < -0.3 is 33.8 Å². The molecule has 0 aromatic rings. The molecule has 0 aromatic heterocycles. The van der Waals surface area contributed by atoms with Crippen LogP contribution < -0.4 is 0 Å². The van der Waals surface area contributed by atoms with Crippen molar-refractivity contribution in [3.63, 3.8) is 0 Å². The molecular weight excluding hydrogens is 1280 g/mol. The lowest BCUT2D eigenvalue weighted by Crippen LogP contribution is -2.30. The Labute approximate surface area is 600 Å². The molecule has 0 aliphatic heterocycles. The number of esters is 4. The highest BCUT2D eigenvalue weighted by atomic mass is 31.2. The minimum atomic E-state index is -4.96. The van der Waals surface area contributed by atoms with E-state index >= 15 is 0 Å². The fourth-order valence-corrected chi connectivity index (χ4v) is 13.6. The molecular formula is C79H154O17P2. The van der Waals surface area contributed by atoms with E-state index in [0.29, 0.717) is 31.6 Å². The molecule has 17 nitrogen and oxygen atoms in total. The molecule has 0 saturated carbocycles. The Bertz CT molecular complexity index is 1920. The quantitative estimate of drug-likeness (QED) is 0.0222. The second kappa shape index (κ2) is 68.2. The van der Waals surface area contributed by atoms with Crippen molar-refractivity contribution in [3.05, 3.63) is 0 Å². The predicted molar refractivity (Wildman–Crippen MR) is 400 cm³/mol. The van der Waals surface area contributed by atoms with E-state index in [-0.39, 0.29) is 25.7 Å². The third kappa shape index (κ3) is 71.1. The Morgan fingerprint density at radius 3 is 0.724 bits per heavy atom. The molecule has 0 saturated heterocycles. The van der Waals surface area contributed by atoms with Crippen LogP contribution in [0.4, 0.5) is 0 Å². The average molecular weight is 1440 g/mol. The zero-order chi connectivity index (χ0) is 72.4. The number of aliphatic hydroxyl groups excluding tert-OH is 1. The number of carbonyl (C=O) groups is 4. The molecule has 0 heterocycles. The molecule has 98 heavy (non-hydrogen) atoms. The second-order valence-electron chi connectivity index (χ2n) is 30.1. The highest BCUT2D eigenvalue weighted by molar-refractivity contribution is 7.47. The van der Waals surface area contributed by atoms with Gasteiger partial charge in [0.05, 0.1) is 26.4 Å². The Morgan fingerprint density at radius 2 is 0.490 bits per heavy atom. The molecule has 4 unspecified atom stereocenters. The first-order chi connectivity index (χ1) is 47.1. The van der Waals surface area contributed by atoms with Gasteiger partial charge in [-0.3, -0.25) is 37.3 Å². The number of aliphatic hydroxyl groups is 1. The van der Waals surface area contributed by atoms with Gasteiger partial charge in [0.1, 0.15) is 19.3 Å². The summed E-state index contributed by atoms with van der Waals surface area (Å²) in [6.45, 7) is 14.2. The average Bonchev–Trinajstić information content (AvgIpc) is 0.983. The molecule has 6 atom stereocenters. The summed E-state index contributed by atoms with van der Waals surface area (Å²) in [7, 11) is -9.92. The molecule has 0 aliphatic rings. The van der Waals surface area contributed by atoms with E-state index in [9.17, 15) is 43.2 Å². The van der Waals surface area contributed by atoms with Gasteiger partial charge >= 0.3 is 39.5 Å². The number of hydrogen-bond acceptors (Lipinski definition) is 15. The Kier molecular flexibility index (Phi) is 66.8. The molecule has 0 aromatic carbocycles. The zero-order valence-corrected chi connectivity index (χ0v) is 66.2. The van der Waals surface area contributed by atoms with E-state index in [1.807, 2.05) is 0 Å². The fraction of sp³-hybridized carbons (Fsp3) is 0.949. The second-order valence-corrected chi connectivity index (χ2v) is 33.0. The van der Waals surface area contributed by atoms with Crippen molar-refractivity contribution < 1.29 is 80.2 Å². The maximum atomic E-state index is 13.1. The normalized spacial score (nSPS) is 14.3. The third-order valence-electron chi connectivity index (χ3n) is 18.7. The van der Waals surface area contributed by atoms with Crippen molar-refractivity contribution in [2.75, 3.05) is 39.6 Å². The van der Waals surface area contributed by atoms with Gasteiger partial charge in [-0.1, -0.05) is 351 Å². The van der Waals surface area contributed by atoms with Crippen LogP contribution in [-0.4, -0.2) is 96.7 Å². The summed E-state index contributed by atoms with van der Waals surface area (Å²) < 4.78 is 68.6. The topological polar surface area (TPSA) is 237 Å². The lowest BCUT2D eigenvalue weighted by molar-refractivity contribution is -0.161. The predicted octanol–water partition coefficient (Wildman–Crippen LogP) is 23.2. The van der Waals surface area contributed by atoms with E-state index in [4.69, 9.17) is 37.0 Å². The van der Waals surface area contributed by atoms with Crippen LogP contribution in [0.2, 0.25) is 0 Å². The zero-order valence-electron chi connectivity index (χ0n) is 64.4. The first-order valence-electron chi connectivity index (χ1n) is 40.7. The SMILES string of the molecule is CCC(C)CCCCCCCCCCCCC(=O)O[C@H](COC(=O)CCCCCCCCCCCCCCCCC(C)C)COP(=O)(O)OCC(O)COP(=O)(O)OC[C@@H](COC(=O)CCCCCCCCC(C)C)OC(=O)CCCCCCCCCCCCCCCCCC(C)C. The van der Waals surface area contributed by atoms with Gasteiger partial charge in [0.25, 0.3) is 0 Å². The molecule has 582 valence electrons. The monoisotopic (exact) mass is 1440 g/mol. The minimum Gasteiger partial charge on any atom is -0.462 e. The van der Waals surface area contributed by atoms with Crippen LogP contribution in [0.3, 0.4) is 0 Å². The smallest absolute Gasteiger partial charge is 0.462 e. The molecule has 0 spiro atoms. The number of hydrogen-bond donors (Lipinski definition) is 3. The van der Waals surface area contributed by atoms with Gasteiger partial charge in [0, 0.05) is 25.7 Å². The van der Waals surface area contributed by atoms with Crippen molar-refractivity contribution >= 4 is 39.5 Å². The van der Waals surface area contributed by atoms with Crippen LogP contribution in [0, 0.1) is 23.7 Å². The van der Waals surface area contributed by atoms with Crippen LogP contribution in [0.15, 0.2) is 0 Å². The Balaban J connectivity index is 5.22. The molecule has 0 radical (unpaired) electrons. The first-order valence-corrected chi connectivity index (χ1v) is 43.7. The van der Waals surface area contributed by atoms with Crippen molar-refractivity contribution in [2.45, 2.75) is 420 Å². The Hall–Kier alpha value is -1.94. The molecule has 0 rings (SSSR count). The van der Waals surface area contributed by atoms with Crippen molar-refractivity contribution in [2.24, 2.45) is 23.7 Å². The molecule has 0 amide bonds. The number of ether oxygens (including phenoxy) is 4. The largest absolute Gasteiger partial charge is 0.472 e. The van der Waals surface area contributed by atoms with Gasteiger partial charge in [-0.25, -0.2) is 9.13 Å². The fourth-order valence-electron chi connectivity index (χ4n) is 12.0. The molecule has 0 fully saturated rings. The van der Waals surface area contributed by atoms with Gasteiger partial charge in [-0.15, -0.1) is 0 Å². The number of carbonyl (C=O) groups excluding carboxylic acids is 4. The first kappa shape index (κ1) is 96.1. The van der Waals surface area contributed by atoms with Crippen LogP contribution in [0.1, 0.15) is 402 Å². The van der Waals surface area contributed by atoms with E-state index in [2.05, 4.69) is 55.4 Å². The van der Waals surface area contributed by atoms with Gasteiger partial charge in [0.2, 0.25) is 0 Å². The maximum absolute atomic E-state index is 13.1. The van der Waals surface area contributed by atoms with Crippen LogP contribution in [0.5, 0.6) is 0 Å². The molecule has 0 aliphatic carbocycles. The third-order valence-corrected chi connectivity index (χ3v) is 20.6. The lowest BCUT2D eigenvalue weighted by Gasteiger charge is -2.21. The van der Waals surface area contributed by atoms with E-state index in [0.717, 1.165) is 114 Å². The number of phosphoric acid groups is 2. The molecule has 3 N–H and O–H groups in total. The van der Waals surface area contributed by atoms with E-state index in [1.54, 1.807) is 0 Å². The lowest BCUT2D eigenvalue weighted by atomic mass is 9.99. The van der Waals surface area contributed by atoms with Gasteiger partial charge in [-0.2, -0.15) is 0 Å². The van der Waals surface area contributed by atoms with Gasteiger partial charge in [-0.05, 0) is 49.4 Å². The Morgan fingerprint density at radius 1 is 0.286 bits per heavy atom. The van der Waals surface area contributed by atoms with Crippen LogP contribution in [-0.2, 0) is 65.4 Å². The van der Waals surface area contributed by atoms with Crippen molar-refractivity contribution in [3.8, 4) is 0 Å². The van der Waals surface area contributed by atoms with Crippen molar-refractivity contribution in [1.29, 1.82) is 0 Å².